The van der Waals surface area contributed by atoms with Crippen LogP contribution in [-0.4, -0.2) is 4.57 Å². The van der Waals surface area contributed by atoms with Crippen LogP contribution in [0.25, 0.3) is 22.6 Å². The molecule has 0 aliphatic rings. The lowest BCUT2D eigenvalue weighted by molar-refractivity contribution is 0.500. The molecule has 0 spiro atoms. The Morgan fingerprint density at radius 2 is 1.52 bits per heavy atom. The number of nitrogens with zero attached hydrogens (tertiary/aromatic N) is 1. The van der Waals surface area contributed by atoms with Crippen molar-refractivity contribution in [2.75, 3.05) is 0 Å². The normalized spacial score (nSPS) is 10.2. The Bertz CT molecular complexity index is 836. The summed E-state index contributed by atoms with van der Waals surface area (Å²) in [5.74, 6) is 2.61. The van der Waals surface area contributed by atoms with E-state index in [4.69, 9.17) is 10.8 Å². The van der Waals surface area contributed by atoms with Crippen molar-refractivity contribution >= 4 is 0 Å². The van der Waals surface area contributed by atoms with Gasteiger partial charge >= 0.3 is 5.76 Å². The molecule has 0 aliphatic carbocycles. The van der Waals surface area contributed by atoms with Gasteiger partial charge in [0.2, 0.25) is 0 Å². The molecule has 3 nitrogen and oxygen atoms in total. The van der Waals surface area contributed by atoms with Crippen molar-refractivity contribution in [3.63, 3.8) is 0 Å². The molecule has 1 heterocycles. The fourth-order valence-corrected chi connectivity index (χ4v) is 2.31. The van der Waals surface area contributed by atoms with E-state index in [0.29, 0.717) is 11.5 Å². The summed E-state index contributed by atoms with van der Waals surface area (Å²) >= 11 is 0. The maximum absolute atomic E-state index is 12.1. The first-order chi connectivity index (χ1) is 10.3. The smallest absolute Gasteiger partial charge is 0.407 e. The number of terminal acetylenes is 1. The third-order valence-electron chi connectivity index (χ3n) is 3.23. The number of benzene rings is 2. The molecule has 0 aliphatic heterocycles. The third kappa shape index (κ3) is 2.39. The Balaban J connectivity index is 2.29. The van der Waals surface area contributed by atoms with Crippen LogP contribution in [-0.2, 0) is 6.54 Å². The highest BCUT2D eigenvalue weighted by Crippen LogP contribution is 2.31. The molecule has 1 aromatic heterocycles. The number of aromatic nitrogens is 1. The SMILES string of the molecule is C#CCn1c(-c2ccccc2)c(-c2ccccc2)oc1=O. The molecule has 21 heavy (non-hydrogen) atoms. The summed E-state index contributed by atoms with van der Waals surface area (Å²) in [6.07, 6.45) is 5.37. The summed E-state index contributed by atoms with van der Waals surface area (Å²) in [7, 11) is 0. The minimum Gasteiger partial charge on any atom is -0.407 e. The molecule has 0 bridgehead atoms. The predicted molar refractivity (Wildman–Crippen MR) is 82.7 cm³/mol. The molecular formula is C18H13NO2. The zero-order valence-electron chi connectivity index (χ0n) is 11.3. The quantitative estimate of drug-likeness (QED) is 0.687. The highest BCUT2D eigenvalue weighted by atomic mass is 16.4. The zero-order chi connectivity index (χ0) is 14.7. The van der Waals surface area contributed by atoms with Gasteiger partial charge in [-0.2, -0.15) is 0 Å². The summed E-state index contributed by atoms with van der Waals surface area (Å²) in [6.45, 7) is 0.180. The van der Waals surface area contributed by atoms with Crippen molar-refractivity contribution in [3.8, 4) is 34.9 Å². The number of hydrogen-bond acceptors (Lipinski definition) is 2. The van der Waals surface area contributed by atoms with Crippen LogP contribution in [0.15, 0.2) is 69.9 Å². The topological polar surface area (TPSA) is 35.1 Å². The molecule has 3 rings (SSSR count). The minimum absolute atomic E-state index is 0.180. The van der Waals surface area contributed by atoms with E-state index in [0.717, 1.165) is 11.1 Å². The van der Waals surface area contributed by atoms with Crippen molar-refractivity contribution in [1.29, 1.82) is 0 Å². The van der Waals surface area contributed by atoms with E-state index in [-0.39, 0.29) is 6.54 Å². The standard InChI is InChI=1S/C18H13NO2/c1-2-13-19-16(14-9-5-3-6-10-14)17(21-18(19)20)15-11-7-4-8-12-15/h1,3-12H,13H2. The molecule has 0 radical (unpaired) electrons. The van der Waals surface area contributed by atoms with Crippen molar-refractivity contribution in [2.45, 2.75) is 6.54 Å². The van der Waals surface area contributed by atoms with Gasteiger partial charge in [-0.05, 0) is 0 Å². The molecule has 0 atom stereocenters. The van der Waals surface area contributed by atoms with Gasteiger partial charge in [0, 0.05) is 11.1 Å². The third-order valence-corrected chi connectivity index (χ3v) is 3.23. The first-order valence-corrected chi connectivity index (χ1v) is 6.59. The zero-order valence-corrected chi connectivity index (χ0v) is 11.3. The molecule has 0 unspecified atom stereocenters. The molecular weight excluding hydrogens is 262 g/mol. The van der Waals surface area contributed by atoms with Gasteiger partial charge in [-0.1, -0.05) is 66.6 Å². The van der Waals surface area contributed by atoms with Crippen LogP contribution < -0.4 is 5.76 Å². The summed E-state index contributed by atoms with van der Waals surface area (Å²) in [6, 6.07) is 19.2. The van der Waals surface area contributed by atoms with Gasteiger partial charge in [-0.25, -0.2) is 4.79 Å². The highest BCUT2D eigenvalue weighted by molar-refractivity contribution is 5.77. The van der Waals surface area contributed by atoms with Gasteiger partial charge in [-0.3, -0.25) is 4.57 Å². The van der Waals surface area contributed by atoms with Gasteiger partial charge in [0.25, 0.3) is 0 Å². The van der Waals surface area contributed by atoms with Crippen LogP contribution >= 0.6 is 0 Å². The van der Waals surface area contributed by atoms with E-state index in [2.05, 4.69) is 5.92 Å². The van der Waals surface area contributed by atoms with Gasteiger partial charge in [0.15, 0.2) is 5.76 Å². The van der Waals surface area contributed by atoms with E-state index in [1.165, 1.54) is 4.57 Å². The van der Waals surface area contributed by atoms with E-state index in [9.17, 15) is 4.79 Å². The second kappa shape index (κ2) is 5.56. The van der Waals surface area contributed by atoms with Crippen LogP contribution in [0.2, 0.25) is 0 Å². The first kappa shape index (κ1) is 13.0. The lowest BCUT2D eigenvalue weighted by Gasteiger charge is -2.06. The van der Waals surface area contributed by atoms with Crippen molar-refractivity contribution in [2.24, 2.45) is 0 Å². The first-order valence-electron chi connectivity index (χ1n) is 6.59. The maximum atomic E-state index is 12.1. The Morgan fingerprint density at radius 1 is 0.952 bits per heavy atom. The van der Waals surface area contributed by atoms with E-state index in [1.807, 2.05) is 60.7 Å². The molecule has 102 valence electrons. The molecule has 0 saturated carbocycles. The molecule has 0 amide bonds. The largest absolute Gasteiger partial charge is 0.420 e. The Kier molecular flexibility index (Phi) is 3.44. The predicted octanol–water partition coefficient (Wildman–Crippen LogP) is 3.41. The van der Waals surface area contributed by atoms with Crippen LogP contribution in [0.3, 0.4) is 0 Å². The van der Waals surface area contributed by atoms with Crippen molar-refractivity contribution < 1.29 is 4.42 Å². The van der Waals surface area contributed by atoms with Gasteiger partial charge in [-0.15, -0.1) is 6.42 Å². The van der Waals surface area contributed by atoms with E-state index >= 15 is 0 Å². The lowest BCUT2D eigenvalue weighted by Crippen LogP contribution is -2.14. The maximum Gasteiger partial charge on any atom is 0.420 e. The molecule has 3 heteroatoms. The molecule has 0 saturated heterocycles. The highest BCUT2D eigenvalue weighted by Gasteiger charge is 2.18. The second-order valence-electron chi connectivity index (χ2n) is 4.57. The average molecular weight is 275 g/mol. The minimum atomic E-state index is -0.439. The Hall–Kier alpha value is -2.99. The second-order valence-corrected chi connectivity index (χ2v) is 4.57. The number of hydrogen-bond donors (Lipinski definition) is 0. The van der Waals surface area contributed by atoms with Crippen LogP contribution in [0.5, 0.6) is 0 Å². The van der Waals surface area contributed by atoms with Crippen molar-refractivity contribution in [3.05, 3.63) is 71.2 Å². The van der Waals surface area contributed by atoms with Crippen LogP contribution in [0.4, 0.5) is 0 Å². The Morgan fingerprint density at radius 3 is 2.10 bits per heavy atom. The summed E-state index contributed by atoms with van der Waals surface area (Å²) in [4.78, 5) is 12.1. The van der Waals surface area contributed by atoms with E-state index < -0.39 is 5.76 Å². The van der Waals surface area contributed by atoms with Crippen molar-refractivity contribution in [1.82, 2.24) is 4.57 Å². The summed E-state index contributed by atoms with van der Waals surface area (Å²) < 4.78 is 6.93. The van der Waals surface area contributed by atoms with E-state index in [1.54, 1.807) is 0 Å². The van der Waals surface area contributed by atoms with Gasteiger partial charge in [0.05, 0.1) is 12.2 Å². The molecule has 0 N–H and O–H groups in total. The van der Waals surface area contributed by atoms with Gasteiger partial charge in [0.1, 0.15) is 0 Å². The monoisotopic (exact) mass is 275 g/mol. The molecule has 0 fully saturated rings. The Labute approximate surface area is 122 Å². The molecule has 3 aromatic rings. The lowest BCUT2D eigenvalue weighted by atomic mass is 10.1. The fourth-order valence-electron chi connectivity index (χ4n) is 2.31. The molecule has 2 aromatic carbocycles. The summed E-state index contributed by atoms with van der Waals surface area (Å²) in [5.41, 5.74) is 2.46. The average Bonchev–Trinajstić information content (AvgIpc) is 2.86. The fraction of sp³-hybridized carbons (Fsp3) is 0.0556. The number of rotatable bonds is 3. The van der Waals surface area contributed by atoms with Gasteiger partial charge < -0.3 is 4.42 Å². The summed E-state index contributed by atoms with van der Waals surface area (Å²) in [5, 5.41) is 0. The van der Waals surface area contributed by atoms with Crippen LogP contribution in [0, 0.1) is 12.3 Å². The van der Waals surface area contributed by atoms with Crippen LogP contribution in [0.1, 0.15) is 0 Å². The number of oxazole rings is 1.